The van der Waals surface area contributed by atoms with Crippen LogP contribution in [0.1, 0.15) is 33.1 Å². The Balaban J connectivity index is 2.19. The van der Waals surface area contributed by atoms with E-state index in [2.05, 4.69) is 40.9 Å². The first-order valence-electron chi connectivity index (χ1n) is 6.82. The maximum absolute atomic E-state index is 4.59. The molecule has 3 nitrogen and oxygen atoms in total. The maximum atomic E-state index is 4.59. The summed E-state index contributed by atoms with van der Waals surface area (Å²) in [6.07, 6.45) is 11.9. The van der Waals surface area contributed by atoms with Crippen LogP contribution in [0, 0.1) is 5.92 Å². The van der Waals surface area contributed by atoms with Crippen LogP contribution >= 0.6 is 0 Å². The number of hydrogen-bond acceptors (Lipinski definition) is 3. The third-order valence-corrected chi connectivity index (χ3v) is 3.56. The summed E-state index contributed by atoms with van der Waals surface area (Å²) < 4.78 is 0. The van der Waals surface area contributed by atoms with E-state index in [1.54, 1.807) is 13.3 Å². The molecule has 1 aliphatic rings. The van der Waals surface area contributed by atoms with Crippen LogP contribution in [0.4, 0.5) is 0 Å². The highest BCUT2D eigenvalue weighted by Crippen LogP contribution is 2.23. The lowest BCUT2D eigenvalue weighted by Crippen LogP contribution is -2.33. The van der Waals surface area contributed by atoms with Gasteiger partial charge in [-0.1, -0.05) is 22.9 Å². The predicted octanol–water partition coefficient (Wildman–Crippen LogP) is 3.24. The average Bonchev–Trinajstić information content (AvgIpc) is 2.40. The molecular weight excluding hydrogens is 224 g/mol. The van der Waals surface area contributed by atoms with Crippen LogP contribution in [-0.2, 0) is 4.84 Å². The van der Waals surface area contributed by atoms with Crippen molar-refractivity contribution in [1.82, 2.24) is 4.90 Å². The topological polar surface area (TPSA) is 24.8 Å². The van der Waals surface area contributed by atoms with Gasteiger partial charge in [-0.05, 0) is 58.2 Å². The van der Waals surface area contributed by atoms with Gasteiger partial charge in [-0.3, -0.25) is 4.90 Å². The van der Waals surface area contributed by atoms with E-state index < -0.39 is 0 Å². The molecule has 0 radical (unpaired) electrons. The maximum Gasteiger partial charge on any atom is 0.106 e. The standard InChI is InChI=1S/C15H26N2O/c1-4-14(2)13-15-7-11-17(12-8-15)10-6-5-9-16-18-3/h4-6,9,15H,7-8,10-13H2,1-3H3/b6-5+,14-4+,16-9-. The Morgan fingerprint density at radius 1 is 1.39 bits per heavy atom. The van der Waals surface area contributed by atoms with Gasteiger partial charge in [0.2, 0.25) is 0 Å². The Bertz CT molecular complexity index is 300. The minimum absolute atomic E-state index is 0.886. The quantitative estimate of drug-likeness (QED) is 0.411. The van der Waals surface area contributed by atoms with E-state index in [9.17, 15) is 0 Å². The predicted molar refractivity (Wildman–Crippen MR) is 77.9 cm³/mol. The van der Waals surface area contributed by atoms with Gasteiger partial charge < -0.3 is 4.84 Å². The fourth-order valence-electron chi connectivity index (χ4n) is 2.31. The molecule has 0 unspecified atom stereocenters. The largest absolute Gasteiger partial charge is 0.399 e. The zero-order chi connectivity index (χ0) is 13.2. The van der Waals surface area contributed by atoms with Crippen molar-refractivity contribution < 1.29 is 4.84 Å². The van der Waals surface area contributed by atoms with Crippen molar-refractivity contribution in [2.45, 2.75) is 33.1 Å². The van der Waals surface area contributed by atoms with Crippen LogP contribution in [0.15, 0.2) is 29.0 Å². The molecule has 0 aromatic rings. The molecule has 1 heterocycles. The van der Waals surface area contributed by atoms with E-state index >= 15 is 0 Å². The zero-order valence-electron chi connectivity index (χ0n) is 11.9. The highest BCUT2D eigenvalue weighted by Gasteiger charge is 2.18. The Hall–Kier alpha value is -1.09. The van der Waals surface area contributed by atoms with Crippen LogP contribution in [0.5, 0.6) is 0 Å². The summed E-state index contributed by atoms with van der Waals surface area (Å²) in [6, 6.07) is 0. The molecule has 0 N–H and O–H groups in total. The number of oxime groups is 1. The minimum atomic E-state index is 0.886. The number of hydrogen-bond donors (Lipinski definition) is 0. The average molecular weight is 250 g/mol. The molecule has 0 aromatic heterocycles. The molecular formula is C15H26N2O. The van der Waals surface area contributed by atoms with E-state index in [1.807, 2.05) is 6.08 Å². The lowest BCUT2D eigenvalue weighted by Gasteiger charge is -2.31. The molecule has 0 amide bonds. The van der Waals surface area contributed by atoms with Crippen molar-refractivity contribution >= 4 is 6.21 Å². The van der Waals surface area contributed by atoms with Gasteiger partial charge in [0.25, 0.3) is 0 Å². The minimum Gasteiger partial charge on any atom is -0.399 e. The molecule has 0 atom stereocenters. The van der Waals surface area contributed by atoms with Gasteiger partial charge in [-0.15, -0.1) is 0 Å². The number of allylic oxidation sites excluding steroid dienone is 3. The van der Waals surface area contributed by atoms with Crippen molar-refractivity contribution in [2.24, 2.45) is 11.1 Å². The van der Waals surface area contributed by atoms with Crippen LogP contribution in [0.3, 0.4) is 0 Å². The second-order valence-corrected chi connectivity index (χ2v) is 4.95. The molecule has 1 aliphatic heterocycles. The zero-order valence-corrected chi connectivity index (χ0v) is 11.9. The highest BCUT2D eigenvalue weighted by atomic mass is 16.6. The number of nitrogens with zero attached hydrogens (tertiary/aromatic N) is 2. The number of likely N-dealkylation sites (tertiary alicyclic amines) is 1. The molecule has 18 heavy (non-hydrogen) atoms. The molecule has 0 spiro atoms. The van der Waals surface area contributed by atoms with Crippen molar-refractivity contribution in [3.05, 3.63) is 23.8 Å². The lowest BCUT2D eigenvalue weighted by molar-refractivity contribution is 0.200. The fraction of sp³-hybridized carbons (Fsp3) is 0.667. The van der Waals surface area contributed by atoms with Gasteiger partial charge in [-0.25, -0.2) is 0 Å². The van der Waals surface area contributed by atoms with E-state index in [4.69, 9.17) is 0 Å². The van der Waals surface area contributed by atoms with Crippen LogP contribution < -0.4 is 0 Å². The lowest BCUT2D eigenvalue weighted by atomic mass is 9.90. The van der Waals surface area contributed by atoms with Gasteiger partial charge in [0.05, 0.1) is 6.21 Å². The Kier molecular flexibility index (Phi) is 7.42. The second-order valence-electron chi connectivity index (χ2n) is 4.95. The Morgan fingerprint density at radius 2 is 2.11 bits per heavy atom. The van der Waals surface area contributed by atoms with Gasteiger partial charge in [0, 0.05) is 6.54 Å². The van der Waals surface area contributed by atoms with Gasteiger partial charge in [-0.2, -0.15) is 0 Å². The summed E-state index contributed by atoms with van der Waals surface area (Å²) in [5.74, 6) is 0.886. The molecule has 1 saturated heterocycles. The summed E-state index contributed by atoms with van der Waals surface area (Å²) in [5, 5.41) is 3.67. The Labute approximate surface area is 111 Å². The van der Waals surface area contributed by atoms with E-state index in [-0.39, 0.29) is 0 Å². The monoisotopic (exact) mass is 250 g/mol. The number of rotatable bonds is 6. The smallest absolute Gasteiger partial charge is 0.106 e. The third-order valence-electron chi connectivity index (χ3n) is 3.56. The molecule has 0 saturated carbocycles. The normalized spacial score (nSPS) is 20.1. The van der Waals surface area contributed by atoms with Gasteiger partial charge in [0.15, 0.2) is 0 Å². The van der Waals surface area contributed by atoms with E-state index in [1.165, 1.54) is 37.9 Å². The summed E-state index contributed by atoms with van der Waals surface area (Å²) in [6.45, 7) is 7.83. The van der Waals surface area contributed by atoms with Gasteiger partial charge >= 0.3 is 0 Å². The van der Waals surface area contributed by atoms with Crippen LogP contribution in [0.2, 0.25) is 0 Å². The second kappa shape index (κ2) is 8.92. The molecule has 1 fully saturated rings. The van der Waals surface area contributed by atoms with E-state index in [0.29, 0.717) is 0 Å². The van der Waals surface area contributed by atoms with Gasteiger partial charge in [0.1, 0.15) is 7.11 Å². The molecule has 0 aromatic carbocycles. The summed E-state index contributed by atoms with van der Waals surface area (Å²) in [4.78, 5) is 7.09. The fourth-order valence-corrected chi connectivity index (χ4v) is 2.31. The molecule has 0 bridgehead atoms. The van der Waals surface area contributed by atoms with Crippen molar-refractivity contribution in [1.29, 1.82) is 0 Å². The van der Waals surface area contributed by atoms with Crippen molar-refractivity contribution in [3.8, 4) is 0 Å². The first-order valence-corrected chi connectivity index (χ1v) is 6.82. The SMILES string of the molecule is C/C=C(\C)CC1CCN(C/C=C/C=N\OC)CC1. The van der Waals surface area contributed by atoms with Crippen LogP contribution in [-0.4, -0.2) is 37.9 Å². The molecule has 1 rings (SSSR count). The molecule has 3 heteroatoms. The first kappa shape index (κ1) is 15.0. The molecule has 0 aliphatic carbocycles. The number of piperidine rings is 1. The van der Waals surface area contributed by atoms with E-state index in [0.717, 1.165) is 12.5 Å². The summed E-state index contributed by atoms with van der Waals surface area (Å²) >= 11 is 0. The first-order chi connectivity index (χ1) is 8.76. The third kappa shape index (κ3) is 6.01. The molecule has 102 valence electrons. The highest BCUT2D eigenvalue weighted by molar-refractivity contribution is 5.70. The summed E-state index contributed by atoms with van der Waals surface area (Å²) in [7, 11) is 1.56. The Morgan fingerprint density at radius 3 is 2.72 bits per heavy atom. The van der Waals surface area contributed by atoms with Crippen molar-refractivity contribution in [2.75, 3.05) is 26.7 Å². The summed E-state index contributed by atoms with van der Waals surface area (Å²) in [5.41, 5.74) is 1.53. The van der Waals surface area contributed by atoms with Crippen LogP contribution in [0.25, 0.3) is 0 Å². The van der Waals surface area contributed by atoms with Crippen molar-refractivity contribution in [3.63, 3.8) is 0 Å².